The molecule has 154 valence electrons. The summed E-state index contributed by atoms with van der Waals surface area (Å²) in [6.45, 7) is 4.53. The number of aliphatic hydroxyl groups excluding tert-OH is 2. The molecule has 1 aromatic heterocycles. The fraction of sp³-hybridized carbons (Fsp3) is 0.333. The fourth-order valence-corrected chi connectivity index (χ4v) is 2.89. The normalized spacial score (nSPS) is 12.3. The Balaban J connectivity index is 1.67. The van der Waals surface area contributed by atoms with Crippen molar-refractivity contribution in [2.24, 2.45) is 0 Å². The molecule has 29 heavy (non-hydrogen) atoms. The van der Waals surface area contributed by atoms with Gasteiger partial charge in [0.2, 0.25) is 5.82 Å². The number of halogens is 1. The van der Waals surface area contributed by atoms with Crippen LogP contribution in [0, 0.1) is 0 Å². The minimum absolute atomic E-state index is 0.0352. The van der Waals surface area contributed by atoms with Crippen LogP contribution in [-0.2, 0) is 6.54 Å². The third-order valence-corrected chi connectivity index (χ3v) is 4.39. The molecule has 0 aliphatic heterocycles. The maximum atomic E-state index is 9.34. The van der Waals surface area contributed by atoms with E-state index in [9.17, 15) is 5.11 Å². The second kappa shape index (κ2) is 9.84. The molecule has 0 spiro atoms. The van der Waals surface area contributed by atoms with E-state index in [2.05, 4.69) is 15.5 Å². The van der Waals surface area contributed by atoms with Gasteiger partial charge >= 0.3 is 0 Å². The Morgan fingerprint density at radius 2 is 1.86 bits per heavy atom. The van der Waals surface area contributed by atoms with Gasteiger partial charge in [-0.15, -0.1) is 0 Å². The van der Waals surface area contributed by atoms with Gasteiger partial charge in [0.15, 0.2) is 0 Å². The monoisotopic (exact) mass is 417 g/mol. The SMILES string of the molecule is CC(C)Oc1ccc(-c2noc(-c3ccc(CNCC(O)CO)cc3)n2)cc1Cl. The molecule has 7 nitrogen and oxygen atoms in total. The molecule has 3 rings (SSSR count). The van der Waals surface area contributed by atoms with E-state index in [1.807, 2.05) is 44.2 Å². The van der Waals surface area contributed by atoms with Crippen LogP contribution in [0.4, 0.5) is 0 Å². The highest BCUT2D eigenvalue weighted by molar-refractivity contribution is 6.32. The number of benzene rings is 2. The summed E-state index contributed by atoms with van der Waals surface area (Å²) < 4.78 is 11.0. The van der Waals surface area contributed by atoms with Crippen LogP contribution in [0.25, 0.3) is 22.8 Å². The molecule has 0 radical (unpaired) electrons. The van der Waals surface area contributed by atoms with E-state index < -0.39 is 6.10 Å². The van der Waals surface area contributed by atoms with Crippen LogP contribution in [0.2, 0.25) is 5.02 Å². The van der Waals surface area contributed by atoms with Crippen LogP contribution in [0.3, 0.4) is 0 Å². The fourth-order valence-electron chi connectivity index (χ4n) is 2.66. The number of hydrogen-bond acceptors (Lipinski definition) is 7. The smallest absolute Gasteiger partial charge is 0.258 e. The predicted molar refractivity (Wildman–Crippen MR) is 111 cm³/mol. The van der Waals surface area contributed by atoms with E-state index in [0.717, 1.165) is 16.7 Å². The van der Waals surface area contributed by atoms with E-state index in [1.165, 1.54) is 0 Å². The number of ether oxygens (including phenoxy) is 1. The zero-order valence-corrected chi connectivity index (χ0v) is 17.1. The number of hydrogen-bond donors (Lipinski definition) is 3. The maximum absolute atomic E-state index is 9.34. The van der Waals surface area contributed by atoms with Crippen LogP contribution in [0.1, 0.15) is 19.4 Å². The molecular weight excluding hydrogens is 394 g/mol. The second-order valence-electron chi connectivity index (χ2n) is 6.90. The van der Waals surface area contributed by atoms with Crippen molar-refractivity contribution in [1.29, 1.82) is 0 Å². The molecule has 2 aromatic carbocycles. The zero-order valence-electron chi connectivity index (χ0n) is 16.3. The molecule has 3 aromatic rings. The molecule has 0 amide bonds. The van der Waals surface area contributed by atoms with Crippen molar-refractivity contribution in [2.75, 3.05) is 13.2 Å². The van der Waals surface area contributed by atoms with Gasteiger partial charge in [-0.05, 0) is 49.7 Å². The number of nitrogens with zero attached hydrogens (tertiary/aromatic N) is 2. The van der Waals surface area contributed by atoms with Crippen molar-refractivity contribution >= 4 is 11.6 Å². The Morgan fingerprint density at radius 3 is 2.52 bits per heavy atom. The van der Waals surface area contributed by atoms with Gasteiger partial charge in [-0.1, -0.05) is 28.9 Å². The average Bonchev–Trinajstić information content (AvgIpc) is 3.20. The maximum Gasteiger partial charge on any atom is 0.258 e. The number of aliphatic hydroxyl groups is 2. The molecule has 3 N–H and O–H groups in total. The van der Waals surface area contributed by atoms with Gasteiger partial charge in [-0.3, -0.25) is 0 Å². The Morgan fingerprint density at radius 1 is 1.14 bits per heavy atom. The molecule has 0 fully saturated rings. The van der Waals surface area contributed by atoms with Gasteiger partial charge in [-0.2, -0.15) is 4.98 Å². The summed E-state index contributed by atoms with van der Waals surface area (Å²) in [6, 6.07) is 13.0. The number of aromatic nitrogens is 2. The van der Waals surface area contributed by atoms with E-state index in [1.54, 1.807) is 12.1 Å². The van der Waals surface area contributed by atoms with Crippen LogP contribution < -0.4 is 10.1 Å². The first-order valence-corrected chi connectivity index (χ1v) is 9.73. The van der Waals surface area contributed by atoms with Crippen LogP contribution in [0.15, 0.2) is 47.0 Å². The van der Waals surface area contributed by atoms with Crippen molar-refractivity contribution in [2.45, 2.75) is 32.6 Å². The van der Waals surface area contributed by atoms with E-state index in [-0.39, 0.29) is 12.7 Å². The standard InChI is InChI=1S/C21H24ClN3O4/c1-13(2)28-19-8-7-16(9-18(19)22)20-24-21(29-25-20)15-5-3-14(4-6-15)10-23-11-17(27)12-26/h3-9,13,17,23,26-27H,10-12H2,1-2H3. The second-order valence-corrected chi connectivity index (χ2v) is 7.31. The minimum Gasteiger partial charge on any atom is -0.489 e. The molecule has 1 unspecified atom stereocenters. The first kappa shape index (κ1) is 21.3. The minimum atomic E-state index is -0.759. The van der Waals surface area contributed by atoms with Crippen molar-refractivity contribution < 1.29 is 19.5 Å². The van der Waals surface area contributed by atoms with Crippen LogP contribution in [0.5, 0.6) is 5.75 Å². The highest BCUT2D eigenvalue weighted by atomic mass is 35.5. The van der Waals surface area contributed by atoms with E-state index in [0.29, 0.717) is 35.6 Å². The quantitative estimate of drug-likeness (QED) is 0.491. The Bertz CT molecular complexity index is 928. The zero-order chi connectivity index (χ0) is 20.8. The molecule has 0 bridgehead atoms. The third-order valence-electron chi connectivity index (χ3n) is 4.10. The summed E-state index contributed by atoms with van der Waals surface area (Å²) in [5.74, 6) is 1.47. The number of nitrogens with one attached hydrogen (secondary N) is 1. The average molecular weight is 418 g/mol. The highest BCUT2D eigenvalue weighted by Gasteiger charge is 2.13. The lowest BCUT2D eigenvalue weighted by Crippen LogP contribution is -2.28. The molecule has 1 heterocycles. The van der Waals surface area contributed by atoms with Crippen molar-refractivity contribution in [1.82, 2.24) is 15.5 Å². The van der Waals surface area contributed by atoms with Gasteiger partial charge in [0.1, 0.15) is 5.75 Å². The van der Waals surface area contributed by atoms with Crippen molar-refractivity contribution in [3.8, 4) is 28.6 Å². The van der Waals surface area contributed by atoms with E-state index in [4.69, 9.17) is 26.0 Å². The summed E-state index contributed by atoms with van der Waals surface area (Å²) in [7, 11) is 0. The van der Waals surface area contributed by atoms with Crippen LogP contribution in [-0.4, -0.2) is 45.7 Å². The Kier molecular flexibility index (Phi) is 7.22. The first-order valence-electron chi connectivity index (χ1n) is 9.35. The molecule has 1 atom stereocenters. The molecule has 0 saturated carbocycles. The molecule has 8 heteroatoms. The van der Waals surface area contributed by atoms with Gasteiger partial charge in [-0.25, -0.2) is 0 Å². The van der Waals surface area contributed by atoms with Crippen LogP contribution >= 0.6 is 11.6 Å². The Labute approximate surface area is 174 Å². The van der Waals surface area contributed by atoms with Gasteiger partial charge < -0.3 is 24.8 Å². The summed E-state index contributed by atoms with van der Waals surface area (Å²) in [6.07, 6.45) is -0.723. The topological polar surface area (TPSA) is 101 Å². The lowest BCUT2D eigenvalue weighted by Gasteiger charge is -2.11. The van der Waals surface area contributed by atoms with E-state index >= 15 is 0 Å². The first-order chi connectivity index (χ1) is 14.0. The molecular formula is C21H24ClN3O4. The summed E-state index contributed by atoms with van der Waals surface area (Å²) in [4.78, 5) is 4.45. The lowest BCUT2D eigenvalue weighted by atomic mass is 10.1. The third kappa shape index (κ3) is 5.77. The molecule has 0 saturated heterocycles. The van der Waals surface area contributed by atoms with Gasteiger partial charge in [0, 0.05) is 24.2 Å². The molecule has 0 aliphatic carbocycles. The van der Waals surface area contributed by atoms with Gasteiger partial charge in [0.05, 0.1) is 23.8 Å². The molecule has 0 aliphatic rings. The summed E-state index contributed by atoms with van der Waals surface area (Å²) in [5.41, 5.74) is 2.57. The van der Waals surface area contributed by atoms with Gasteiger partial charge in [0.25, 0.3) is 5.89 Å². The highest BCUT2D eigenvalue weighted by Crippen LogP contribution is 2.31. The lowest BCUT2D eigenvalue weighted by molar-refractivity contribution is 0.0942. The van der Waals surface area contributed by atoms with Crippen molar-refractivity contribution in [3.05, 3.63) is 53.1 Å². The Hall–Kier alpha value is -2.45. The summed E-state index contributed by atoms with van der Waals surface area (Å²) in [5, 5.41) is 25.8. The predicted octanol–water partition coefficient (Wildman–Crippen LogP) is 3.29. The summed E-state index contributed by atoms with van der Waals surface area (Å²) >= 11 is 6.29. The number of rotatable bonds is 9. The van der Waals surface area contributed by atoms with Crippen molar-refractivity contribution in [3.63, 3.8) is 0 Å². The largest absolute Gasteiger partial charge is 0.489 e.